The predicted molar refractivity (Wildman–Crippen MR) is 107 cm³/mol. The lowest BCUT2D eigenvalue weighted by molar-refractivity contribution is 0.0956. The fourth-order valence-electron chi connectivity index (χ4n) is 2.57. The van der Waals surface area contributed by atoms with Crippen molar-refractivity contribution in [3.63, 3.8) is 0 Å². The van der Waals surface area contributed by atoms with Gasteiger partial charge in [0.2, 0.25) is 0 Å². The molecule has 140 valence electrons. The number of nitrogens with one attached hydrogen (secondary N) is 2. The van der Waals surface area contributed by atoms with Crippen LogP contribution in [0.3, 0.4) is 0 Å². The maximum atomic E-state index is 12.3. The van der Waals surface area contributed by atoms with Gasteiger partial charge >= 0.3 is 5.69 Å². The summed E-state index contributed by atoms with van der Waals surface area (Å²) in [6, 6.07) is 9.83. The molecule has 1 aromatic carbocycles. The van der Waals surface area contributed by atoms with Crippen molar-refractivity contribution >= 4 is 28.7 Å². The Balaban J connectivity index is 1.57. The minimum Gasteiger partial charge on any atom is -0.351 e. The summed E-state index contributed by atoms with van der Waals surface area (Å²) in [4.78, 5) is 42.1. The van der Waals surface area contributed by atoms with Gasteiger partial charge < -0.3 is 5.32 Å². The minimum absolute atomic E-state index is 0.207. The number of fused-ring (bicyclic) bond motifs is 1. The second kappa shape index (κ2) is 8.22. The Morgan fingerprint density at radius 3 is 2.74 bits per heavy atom. The Morgan fingerprint density at radius 1 is 1.26 bits per heavy atom. The van der Waals surface area contributed by atoms with E-state index in [-0.39, 0.29) is 22.5 Å². The summed E-state index contributed by atoms with van der Waals surface area (Å²) in [6.07, 6.45) is 1.37. The van der Waals surface area contributed by atoms with E-state index >= 15 is 0 Å². The first-order valence-electron chi connectivity index (χ1n) is 8.46. The Bertz CT molecular complexity index is 1090. The highest BCUT2D eigenvalue weighted by Crippen LogP contribution is 2.12. The number of aromatic nitrogens is 3. The maximum Gasteiger partial charge on any atom is 0.329 e. The summed E-state index contributed by atoms with van der Waals surface area (Å²) in [5, 5.41) is 3.03. The second-order valence-corrected chi connectivity index (χ2v) is 7.31. The molecule has 3 aromatic rings. The van der Waals surface area contributed by atoms with E-state index in [1.807, 2.05) is 0 Å². The number of H-pyrrole nitrogens is 1. The van der Waals surface area contributed by atoms with E-state index < -0.39 is 11.2 Å². The molecular formula is C19H20N4O3S. The molecule has 0 spiro atoms. The van der Waals surface area contributed by atoms with Crippen molar-refractivity contribution in [3.05, 3.63) is 74.1 Å². The summed E-state index contributed by atoms with van der Waals surface area (Å²) in [5.41, 5.74) is 1.93. The van der Waals surface area contributed by atoms with Crippen LogP contribution in [0.5, 0.6) is 0 Å². The van der Waals surface area contributed by atoms with Crippen LogP contribution in [0.2, 0.25) is 0 Å². The number of thioether (sulfide) groups is 1. The standard InChI is InChI=1S/C19H20N4O3S/c1-12-3-5-13(6-4-12)11-27-8-7-20-17(24)14-9-15-16(21-10-14)23(2)19(26)22-18(15)25/h3-6,9-10H,7-8,11H2,1-2H3,(H,20,24)(H,22,25,26). The van der Waals surface area contributed by atoms with Crippen LogP contribution in [0.4, 0.5) is 0 Å². The average Bonchev–Trinajstić information content (AvgIpc) is 2.67. The first-order valence-corrected chi connectivity index (χ1v) is 9.62. The van der Waals surface area contributed by atoms with E-state index in [1.54, 1.807) is 11.8 Å². The summed E-state index contributed by atoms with van der Waals surface area (Å²) in [6.45, 7) is 2.57. The third-order valence-electron chi connectivity index (χ3n) is 4.14. The Labute approximate surface area is 159 Å². The van der Waals surface area contributed by atoms with Gasteiger partial charge in [0.15, 0.2) is 0 Å². The van der Waals surface area contributed by atoms with Crippen LogP contribution in [0.15, 0.2) is 46.1 Å². The number of carbonyl (C=O) groups excluding carboxylic acids is 1. The highest BCUT2D eigenvalue weighted by Gasteiger charge is 2.11. The molecule has 8 heteroatoms. The minimum atomic E-state index is -0.552. The fourth-order valence-corrected chi connectivity index (χ4v) is 3.39. The van der Waals surface area contributed by atoms with Crippen LogP contribution < -0.4 is 16.6 Å². The molecule has 0 saturated carbocycles. The topological polar surface area (TPSA) is 96.8 Å². The number of aromatic amines is 1. The van der Waals surface area contributed by atoms with Crippen LogP contribution in [-0.2, 0) is 12.8 Å². The number of rotatable bonds is 6. The van der Waals surface area contributed by atoms with Crippen LogP contribution in [-0.4, -0.2) is 32.7 Å². The van der Waals surface area contributed by atoms with Gasteiger partial charge in [0.25, 0.3) is 11.5 Å². The Kier molecular flexibility index (Phi) is 5.75. The van der Waals surface area contributed by atoms with Gasteiger partial charge in [-0.3, -0.25) is 19.1 Å². The molecule has 0 atom stereocenters. The molecule has 1 amide bonds. The molecule has 0 aliphatic heterocycles. The van der Waals surface area contributed by atoms with Crippen molar-refractivity contribution in [3.8, 4) is 0 Å². The summed E-state index contributed by atoms with van der Waals surface area (Å²) < 4.78 is 1.24. The number of hydrogen-bond donors (Lipinski definition) is 2. The average molecular weight is 384 g/mol. The Hall–Kier alpha value is -2.87. The van der Waals surface area contributed by atoms with Crippen molar-refractivity contribution in [2.45, 2.75) is 12.7 Å². The fraction of sp³-hybridized carbons (Fsp3) is 0.263. The van der Waals surface area contributed by atoms with E-state index in [9.17, 15) is 14.4 Å². The van der Waals surface area contributed by atoms with Gasteiger partial charge in [-0.1, -0.05) is 29.8 Å². The van der Waals surface area contributed by atoms with Gasteiger partial charge in [0, 0.05) is 31.3 Å². The van der Waals surface area contributed by atoms with Gasteiger partial charge in [-0.15, -0.1) is 0 Å². The van der Waals surface area contributed by atoms with E-state index in [1.165, 1.54) is 35.0 Å². The van der Waals surface area contributed by atoms with E-state index in [0.717, 1.165) is 11.5 Å². The first-order chi connectivity index (χ1) is 13.0. The van der Waals surface area contributed by atoms with Crippen molar-refractivity contribution < 1.29 is 4.79 Å². The molecule has 0 fully saturated rings. The molecule has 0 aliphatic rings. The van der Waals surface area contributed by atoms with Crippen LogP contribution in [0.1, 0.15) is 21.5 Å². The lowest BCUT2D eigenvalue weighted by Crippen LogP contribution is -2.30. The van der Waals surface area contributed by atoms with Crippen LogP contribution in [0.25, 0.3) is 11.0 Å². The zero-order valence-electron chi connectivity index (χ0n) is 15.1. The van der Waals surface area contributed by atoms with Gasteiger partial charge in [0.05, 0.1) is 10.9 Å². The number of benzene rings is 1. The molecule has 0 aliphatic carbocycles. The molecule has 0 bridgehead atoms. The highest BCUT2D eigenvalue weighted by molar-refractivity contribution is 7.98. The monoisotopic (exact) mass is 384 g/mol. The smallest absolute Gasteiger partial charge is 0.329 e. The quantitative estimate of drug-likeness (QED) is 0.629. The molecule has 3 rings (SSSR count). The number of amides is 1. The van der Waals surface area contributed by atoms with Crippen molar-refractivity contribution in [1.29, 1.82) is 0 Å². The largest absolute Gasteiger partial charge is 0.351 e. The van der Waals surface area contributed by atoms with Gasteiger partial charge in [-0.05, 0) is 18.6 Å². The van der Waals surface area contributed by atoms with E-state index in [0.29, 0.717) is 6.54 Å². The summed E-state index contributed by atoms with van der Waals surface area (Å²) in [7, 11) is 1.51. The normalized spacial score (nSPS) is 10.9. The van der Waals surface area contributed by atoms with Gasteiger partial charge in [-0.25, -0.2) is 9.78 Å². The SMILES string of the molecule is Cc1ccc(CSCCNC(=O)c2cnc3c(c2)c(=O)[nH]c(=O)n3C)cc1. The van der Waals surface area contributed by atoms with Gasteiger partial charge in [0.1, 0.15) is 5.65 Å². The molecule has 2 aromatic heterocycles. The predicted octanol–water partition coefficient (Wildman–Crippen LogP) is 1.59. The Morgan fingerprint density at radius 2 is 2.00 bits per heavy atom. The summed E-state index contributed by atoms with van der Waals surface area (Å²) in [5.74, 6) is 1.36. The molecule has 2 heterocycles. The van der Waals surface area contributed by atoms with Gasteiger partial charge in [-0.2, -0.15) is 11.8 Å². The van der Waals surface area contributed by atoms with E-state index in [4.69, 9.17) is 0 Å². The van der Waals surface area contributed by atoms with Crippen molar-refractivity contribution in [1.82, 2.24) is 19.9 Å². The molecule has 0 saturated heterocycles. The highest BCUT2D eigenvalue weighted by atomic mass is 32.2. The molecule has 0 radical (unpaired) electrons. The molecule has 7 nitrogen and oxygen atoms in total. The summed E-state index contributed by atoms with van der Waals surface area (Å²) >= 11 is 1.73. The number of nitrogens with zero attached hydrogens (tertiary/aromatic N) is 2. The second-order valence-electron chi connectivity index (χ2n) is 6.21. The molecule has 0 unspecified atom stereocenters. The maximum absolute atomic E-state index is 12.3. The van der Waals surface area contributed by atoms with Crippen molar-refractivity contribution in [2.75, 3.05) is 12.3 Å². The third kappa shape index (κ3) is 4.46. The third-order valence-corrected chi connectivity index (χ3v) is 5.17. The zero-order valence-corrected chi connectivity index (χ0v) is 15.9. The van der Waals surface area contributed by atoms with Crippen LogP contribution >= 0.6 is 11.8 Å². The van der Waals surface area contributed by atoms with Crippen molar-refractivity contribution in [2.24, 2.45) is 7.05 Å². The first kappa shape index (κ1) is 18.9. The number of carbonyl (C=O) groups is 1. The van der Waals surface area contributed by atoms with E-state index in [2.05, 4.69) is 46.5 Å². The molecule has 2 N–H and O–H groups in total. The molecular weight excluding hydrogens is 364 g/mol. The zero-order chi connectivity index (χ0) is 19.4. The molecule has 27 heavy (non-hydrogen) atoms. The lowest BCUT2D eigenvalue weighted by atomic mass is 10.2. The number of pyridine rings is 1. The number of hydrogen-bond acceptors (Lipinski definition) is 5. The number of aryl methyl sites for hydroxylation is 2. The lowest BCUT2D eigenvalue weighted by Gasteiger charge is -2.07. The van der Waals surface area contributed by atoms with Crippen LogP contribution in [0, 0.1) is 6.92 Å².